The number of carbonyl (C=O) groups excluding carboxylic acids is 1. The second-order valence-corrected chi connectivity index (χ2v) is 9.11. The van der Waals surface area contributed by atoms with Crippen LogP contribution in [0, 0.1) is 28.1 Å². The molecule has 4 aliphatic carbocycles. The zero-order valence-electron chi connectivity index (χ0n) is 12.7. The van der Waals surface area contributed by atoms with E-state index in [-0.39, 0.29) is 17.0 Å². The van der Waals surface area contributed by atoms with Crippen molar-refractivity contribution in [2.24, 2.45) is 28.1 Å². The Labute approximate surface area is 116 Å². The maximum Gasteiger partial charge on any atom is 0.310 e. The van der Waals surface area contributed by atoms with E-state index in [0.717, 1.165) is 11.8 Å². The SMILES string of the molecule is CC1C2CC3(C)CC1(C)CC(C1(C)CC(=O)O1)(C2)C3. The van der Waals surface area contributed by atoms with E-state index in [9.17, 15) is 4.79 Å². The highest BCUT2D eigenvalue weighted by molar-refractivity contribution is 5.77. The highest BCUT2D eigenvalue weighted by Crippen LogP contribution is 2.75. The van der Waals surface area contributed by atoms with Crippen molar-refractivity contribution in [3.05, 3.63) is 0 Å². The van der Waals surface area contributed by atoms with E-state index in [0.29, 0.717) is 17.3 Å². The lowest BCUT2D eigenvalue weighted by atomic mass is 9.34. The molecular weight excluding hydrogens is 236 g/mol. The third kappa shape index (κ3) is 1.31. The second kappa shape index (κ2) is 3.04. The minimum Gasteiger partial charge on any atom is -0.458 e. The summed E-state index contributed by atoms with van der Waals surface area (Å²) in [4.78, 5) is 11.4. The molecule has 5 fully saturated rings. The summed E-state index contributed by atoms with van der Waals surface area (Å²) >= 11 is 0. The van der Waals surface area contributed by atoms with Crippen molar-refractivity contribution in [1.29, 1.82) is 0 Å². The summed E-state index contributed by atoms with van der Waals surface area (Å²) in [5.74, 6) is 1.71. The van der Waals surface area contributed by atoms with Crippen LogP contribution in [0.5, 0.6) is 0 Å². The van der Waals surface area contributed by atoms with Crippen LogP contribution < -0.4 is 0 Å². The van der Waals surface area contributed by atoms with Gasteiger partial charge >= 0.3 is 5.97 Å². The molecule has 106 valence electrons. The van der Waals surface area contributed by atoms with Gasteiger partial charge in [-0.2, -0.15) is 0 Å². The summed E-state index contributed by atoms with van der Waals surface area (Å²) in [5.41, 5.74) is 1.08. The molecule has 0 spiro atoms. The molecule has 19 heavy (non-hydrogen) atoms. The molecule has 4 bridgehead atoms. The van der Waals surface area contributed by atoms with Gasteiger partial charge in [-0.05, 0) is 61.7 Å². The van der Waals surface area contributed by atoms with Gasteiger partial charge in [-0.25, -0.2) is 0 Å². The van der Waals surface area contributed by atoms with E-state index in [1.807, 2.05) is 0 Å². The van der Waals surface area contributed by atoms with Crippen molar-refractivity contribution in [3.8, 4) is 0 Å². The number of esters is 1. The Morgan fingerprint density at radius 3 is 2.37 bits per heavy atom. The number of ether oxygens (including phenoxy) is 1. The lowest BCUT2D eigenvalue weighted by molar-refractivity contribution is -0.275. The van der Waals surface area contributed by atoms with E-state index in [4.69, 9.17) is 4.74 Å². The smallest absolute Gasteiger partial charge is 0.310 e. The Balaban J connectivity index is 1.77. The molecule has 0 aromatic heterocycles. The maximum atomic E-state index is 11.4. The minimum absolute atomic E-state index is 0.0154. The Morgan fingerprint density at radius 2 is 1.79 bits per heavy atom. The Bertz CT molecular complexity index is 462. The average molecular weight is 262 g/mol. The van der Waals surface area contributed by atoms with Gasteiger partial charge in [0.25, 0.3) is 0 Å². The predicted octanol–water partition coefficient (Wildman–Crippen LogP) is 3.93. The number of carbonyl (C=O) groups is 1. The summed E-state index contributed by atoms with van der Waals surface area (Å²) in [7, 11) is 0. The van der Waals surface area contributed by atoms with Crippen molar-refractivity contribution < 1.29 is 9.53 Å². The van der Waals surface area contributed by atoms with Gasteiger partial charge in [0.2, 0.25) is 0 Å². The van der Waals surface area contributed by atoms with E-state index >= 15 is 0 Å². The normalized spacial score (nSPS) is 62.8. The first-order valence-electron chi connectivity index (χ1n) is 7.91. The van der Waals surface area contributed by atoms with E-state index in [1.54, 1.807) is 0 Å². The van der Waals surface area contributed by atoms with Crippen molar-refractivity contribution in [3.63, 3.8) is 0 Å². The molecule has 0 aromatic carbocycles. The molecule has 5 aliphatic rings. The fourth-order valence-electron chi connectivity index (χ4n) is 6.90. The zero-order valence-corrected chi connectivity index (χ0v) is 12.7. The second-order valence-electron chi connectivity index (χ2n) is 9.11. The Morgan fingerprint density at radius 1 is 1.11 bits per heavy atom. The molecule has 6 unspecified atom stereocenters. The van der Waals surface area contributed by atoms with Gasteiger partial charge in [0.1, 0.15) is 5.60 Å². The third-order valence-corrected chi connectivity index (χ3v) is 7.49. The van der Waals surface area contributed by atoms with Crippen LogP contribution in [0.2, 0.25) is 0 Å². The lowest BCUT2D eigenvalue weighted by Gasteiger charge is -2.72. The van der Waals surface area contributed by atoms with Crippen LogP contribution >= 0.6 is 0 Å². The molecule has 2 nitrogen and oxygen atoms in total. The number of rotatable bonds is 1. The fraction of sp³-hybridized carbons (Fsp3) is 0.941. The van der Waals surface area contributed by atoms with Crippen LogP contribution in [0.25, 0.3) is 0 Å². The van der Waals surface area contributed by atoms with Gasteiger partial charge in [-0.3, -0.25) is 4.79 Å². The summed E-state index contributed by atoms with van der Waals surface area (Å²) in [5, 5.41) is 0. The molecule has 1 aliphatic heterocycles. The van der Waals surface area contributed by atoms with Crippen LogP contribution in [-0.2, 0) is 9.53 Å². The van der Waals surface area contributed by atoms with Gasteiger partial charge in [-0.15, -0.1) is 0 Å². The molecule has 2 heteroatoms. The number of hydrogen-bond donors (Lipinski definition) is 0. The van der Waals surface area contributed by atoms with Crippen LogP contribution in [0.3, 0.4) is 0 Å². The molecule has 6 atom stereocenters. The highest BCUT2D eigenvalue weighted by Gasteiger charge is 2.70. The highest BCUT2D eigenvalue weighted by atomic mass is 16.6. The topological polar surface area (TPSA) is 26.3 Å². The van der Waals surface area contributed by atoms with Gasteiger partial charge in [0.15, 0.2) is 0 Å². The van der Waals surface area contributed by atoms with Crippen molar-refractivity contribution >= 4 is 5.97 Å². The summed E-state index contributed by atoms with van der Waals surface area (Å²) in [6, 6.07) is 0. The van der Waals surface area contributed by atoms with E-state index in [2.05, 4.69) is 27.7 Å². The first-order valence-corrected chi connectivity index (χ1v) is 7.91. The van der Waals surface area contributed by atoms with Crippen molar-refractivity contribution in [2.75, 3.05) is 0 Å². The van der Waals surface area contributed by atoms with E-state index in [1.165, 1.54) is 32.1 Å². The molecule has 1 saturated heterocycles. The molecular formula is C17H26O2. The first kappa shape index (κ1) is 12.2. The number of hydrogen-bond acceptors (Lipinski definition) is 2. The summed E-state index contributed by atoms with van der Waals surface area (Å²) in [6.45, 7) is 9.66. The van der Waals surface area contributed by atoms with Crippen molar-refractivity contribution in [1.82, 2.24) is 0 Å². The largest absolute Gasteiger partial charge is 0.458 e. The Kier molecular flexibility index (Phi) is 1.96. The van der Waals surface area contributed by atoms with Gasteiger partial charge in [-0.1, -0.05) is 20.8 Å². The molecule has 0 radical (unpaired) electrons. The number of cyclic esters (lactones) is 1. The average Bonchev–Trinajstić information content (AvgIpc) is 2.21. The van der Waals surface area contributed by atoms with Crippen LogP contribution in [-0.4, -0.2) is 11.6 Å². The molecule has 4 saturated carbocycles. The predicted molar refractivity (Wildman–Crippen MR) is 73.5 cm³/mol. The Hall–Kier alpha value is -0.530. The molecule has 0 aromatic rings. The van der Waals surface area contributed by atoms with Gasteiger partial charge < -0.3 is 4.74 Å². The summed E-state index contributed by atoms with van der Waals surface area (Å²) < 4.78 is 5.70. The zero-order chi connectivity index (χ0) is 13.7. The van der Waals surface area contributed by atoms with E-state index < -0.39 is 0 Å². The molecule has 1 heterocycles. The van der Waals surface area contributed by atoms with Crippen molar-refractivity contribution in [2.45, 2.75) is 71.8 Å². The molecule has 5 rings (SSSR count). The molecule has 0 amide bonds. The molecule has 0 N–H and O–H groups in total. The monoisotopic (exact) mass is 262 g/mol. The fourth-order valence-corrected chi connectivity index (χ4v) is 6.90. The maximum absolute atomic E-state index is 11.4. The summed E-state index contributed by atoms with van der Waals surface area (Å²) in [6.07, 6.45) is 7.28. The van der Waals surface area contributed by atoms with Gasteiger partial charge in [0.05, 0.1) is 6.42 Å². The van der Waals surface area contributed by atoms with Gasteiger partial charge in [0, 0.05) is 5.41 Å². The lowest BCUT2D eigenvalue weighted by Crippen LogP contribution is -2.69. The quantitative estimate of drug-likeness (QED) is 0.669. The minimum atomic E-state index is -0.161. The van der Waals surface area contributed by atoms with Crippen LogP contribution in [0.15, 0.2) is 0 Å². The van der Waals surface area contributed by atoms with Crippen LogP contribution in [0.4, 0.5) is 0 Å². The first-order chi connectivity index (χ1) is 8.70. The third-order valence-electron chi connectivity index (χ3n) is 7.49. The van der Waals surface area contributed by atoms with Crippen LogP contribution in [0.1, 0.15) is 66.2 Å². The standard InChI is InChI=1S/C17H26O2/c1-11-12-5-14(2)8-15(11,3)10-17(6-12,9-14)16(4)7-13(18)19-16/h11-12H,5-10H2,1-4H3.